The fourth-order valence-electron chi connectivity index (χ4n) is 17.4. The van der Waals surface area contributed by atoms with Crippen LogP contribution >= 0.6 is 0 Å². The number of carbonyl (C=O) groups is 2. The van der Waals surface area contributed by atoms with Gasteiger partial charge in [0, 0.05) is 0 Å². The van der Waals surface area contributed by atoms with Gasteiger partial charge in [0.2, 0.25) is 6.29 Å². The summed E-state index contributed by atoms with van der Waals surface area (Å²) in [6.07, 6.45) is -29.4. The number of hydrogen-bond acceptors (Lipinski definition) is 26. The van der Waals surface area contributed by atoms with Crippen molar-refractivity contribution in [3.8, 4) is 0 Å². The van der Waals surface area contributed by atoms with E-state index in [0.29, 0.717) is 57.8 Å². The highest BCUT2D eigenvalue weighted by Crippen LogP contribution is 2.76. The predicted octanol–water partition coefficient (Wildman–Crippen LogP) is -2.34. The molecule has 5 aliphatic carbocycles. The summed E-state index contributed by atoms with van der Waals surface area (Å²) < 4.78 is 59.3. The third-order valence-electron chi connectivity index (χ3n) is 23.0. The van der Waals surface area contributed by atoms with Crippen LogP contribution in [0.25, 0.3) is 0 Å². The molecule has 0 spiro atoms. The summed E-state index contributed by atoms with van der Waals surface area (Å²) in [6.45, 7) is 14.3. The zero-order chi connectivity index (χ0) is 62.0. The second kappa shape index (κ2) is 24.2. The lowest BCUT2D eigenvalue weighted by Gasteiger charge is -2.71. The molecular formula is C59H94O26. The molecule has 486 valence electrons. The van der Waals surface area contributed by atoms with Gasteiger partial charge in [0.1, 0.15) is 110 Å². The number of fused-ring (bicyclic) bond motifs is 7. The minimum Gasteiger partial charge on any atom is -0.432 e. The van der Waals surface area contributed by atoms with Crippen LogP contribution in [0.15, 0.2) is 11.6 Å². The van der Waals surface area contributed by atoms with Crippen LogP contribution in [0.2, 0.25) is 0 Å². The Morgan fingerprint density at radius 1 is 0.588 bits per heavy atom. The van der Waals surface area contributed by atoms with Gasteiger partial charge in [0.15, 0.2) is 25.2 Å². The van der Waals surface area contributed by atoms with Gasteiger partial charge < -0.3 is 124 Å². The van der Waals surface area contributed by atoms with E-state index in [1.807, 2.05) is 6.92 Å². The van der Waals surface area contributed by atoms with E-state index < -0.39 is 194 Å². The Hall–Kier alpha value is -2.04. The van der Waals surface area contributed by atoms with E-state index >= 15 is 4.79 Å². The van der Waals surface area contributed by atoms with Crippen LogP contribution in [-0.2, 0) is 57.0 Å². The van der Waals surface area contributed by atoms with E-state index in [1.165, 1.54) is 13.8 Å². The molecule has 0 bridgehead atoms. The standard InChI is InChI=1S/C59H94O26/c1-24-34(63)38(67)42(71)49(78-24)83-46-29(20-60)80-48(45(74)41(46)70)77-22-30-37(66)40(69)44(73)51(81-30)85-53(75)59-17-15-54(3,4)19-27(59)26-9-10-32-55(5)13-12-33(56(6,23-61)31(55)11-14-58(32,8)57(26,7)16-18-59)82-52-47(36(65)28(62)21-76-52)84-50-43(72)39(68)35(64)25(2)79-50/h9,23-25,27-52,60,62-74H,10-22H2,1-8H3/t24-,25-,27-,28-,29+,30+,31+,32+,33-,34-,35-,36-,37+,38+,39+,40-,41+,42+,43+,44+,45+,46+,47+,48+,49-,50-,51-,52-,55-,56-,57+,58+,59-/m0/s1. The van der Waals surface area contributed by atoms with Crippen molar-refractivity contribution in [3.05, 3.63) is 11.6 Å². The topological polar surface area (TPSA) is 410 Å². The van der Waals surface area contributed by atoms with Gasteiger partial charge in [-0.15, -0.1) is 0 Å². The molecule has 33 atom stereocenters. The second-order valence-corrected chi connectivity index (χ2v) is 28.3. The summed E-state index contributed by atoms with van der Waals surface area (Å²) in [5.41, 5.74) is -2.35. The van der Waals surface area contributed by atoms with Crippen LogP contribution in [0, 0.1) is 50.2 Å². The smallest absolute Gasteiger partial charge is 0.315 e. The van der Waals surface area contributed by atoms with Crippen molar-refractivity contribution >= 4 is 12.3 Å². The highest BCUT2D eigenvalue weighted by Gasteiger charge is 2.71. The molecule has 14 N–H and O–H groups in total. The van der Waals surface area contributed by atoms with E-state index in [4.69, 9.17) is 47.4 Å². The molecule has 85 heavy (non-hydrogen) atoms. The lowest BCUT2D eigenvalue weighted by atomic mass is 9.33. The molecule has 0 aromatic rings. The molecule has 4 saturated carbocycles. The van der Waals surface area contributed by atoms with Crippen LogP contribution in [-0.4, -0.2) is 257 Å². The van der Waals surface area contributed by atoms with Gasteiger partial charge in [-0.2, -0.15) is 0 Å². The molecule has 9 fully saturated rings. The Kier molecular flexibility index (Phi) is 18.8. The number of carbonyl (C=O) groups excluding carboxylic acids is 2. The zero-order valence-corrected chi connectivity index (χ0v) is 49.7. The van der Waals surface area contributed by atoms with E-state index in [1.54, 1.807) is 0 Å². The Morgan fingerprint density at radius 2 is 1.16 bits per heavy atom. The molecule has 5 heterocycles. The summed E-state index contributed by atoms with van der Waals surface area (Å²) in [4.78, 5) is 29.0. The van der Waals surface area contributed by atoms with Gasteiger partial charge in [0.05, 0.1) is 49.0 Å². The maximum Gasteiger partial charge on any atom is 0.315 e. The van der Waals surface area contributed by atoms with Crippen molar-refractivity contribution in [1.29, 1.82) is 0 Å². The molecular weight excluding hydrogens is 1120 g/mol. The quantitative estimate of drug-likeness (QED) is 0.0398. The number of hydrogen-bond donors (Lipinski definition) is 14. The van der Waals surface area contributed by atoms with Gasteiger partial charge in [0.25, 0.3) is 0 Å². The van der Waals surface area contributed by atoms with Gasteiger partial charge in [-0.1, -0.05) is 53.2 Å². The third-order valence-corrected chi connectivity index (χ3v) is 23.0. The molecule has 10 aliphatic rings. The first-order chi connectivity index (χ1) is 39.8. The van der Waals surface area contributed by atoms with Crippen molar-refractivity contribution in [1.82, 2.24) is 0 Å². The summed E-state index contributed by atoms with van der Waals surface area (Å²) in [5.74, 6) is -1.05. The van der Waals surface area contributed by atoms with Gasteiger partial charge in [-0.05, 0) is 117 Å². The highest BCUT2D eigenvalue weighted by atomic mass is 16.8. The van der Waals surface area contributed by atoms with Gasteiger partial charge in [-0.3, -0.25) is 4.79 Å². The van der Waals surface area contributed by atoms with Crippen LogP contribution in [0.3, 0.4) is 0 Å². The summed E-state index contributed by atoms with van der Waals surface area (Å²) in [7, 11) is 0. The van der Waals surface area contributed by atoms with Gasteiger partial charge >= 0.3 is 5.97 Å². The second-order valence-electron chi connectivity index (χ2n) is 28.3. The zero-order valence-electron chi connectivity index (χ0n) is 49.7. The maximum absolute atomic E-state index is 15.2. The lowest BCUT2D eigenvalue weighted by molar-refractivity contribution is -0.363. The van der Waals surface area contributed by atoms with Crippen molar-refractivity contribution in [2.24, 2.45) is 50.2 Å². The number of rotatable bonds is 13. The first kappa shape index (κ1) is 65.9. The minimum atomic E-state index is -1.91. The maximum atomic E-state index is 15.2. The fourth-order valence-corrected chi connectivity index (χ4v) is 17.4. The molecule has 10 rings (SSSR count). The van der Waals surface area contributed by atoms with Crippen LogP contribution < -0.4 is 0 Å². The third kappa shape index (κ3) is 11.0. The van der Waals surface area contributed by atoms with Crippen LogP contribution in [0.5, 0.6) is 0 Å². The molecule has 26 nitrogen and oxygen atoms in total. The Bertz CT molecular complexity index is 2400. The van der Waals surface area contributed by atoms with Crippen molar-refractivity contribution < 1.29 is 128 Å². The molecule has 0 radical (unpaired) electrons. The number of allylic oxidation sites excluding steroid dienone is 2. The first-order valence-electron chi connectivity index (χ1n) is 30.5. The summed E-state index contributed by atoms with van der Waals surface area (Å²) in [5, 5.41) is 151. The summed E-state index contributed by atoms with van der Waals surface area (Å²) in [6, 6.07) is 0. The largest absolute Gasteiger partial charge is 0.432 e. The average Bonchev–Trinajstić information content (AvgIpc) is 0.692. The van der Waals surface area contributed by atoms with Crippen LogP contribution in [0.4, 0.5) is 0 Å². The average molecular weight is 1220 g/mol. The van der Waals surface area contributed by atoms with Crippen molar-refractivity contribution in [2.45, 2.75) is 273 Å². The number of aliphatic hydroxyl groups is 14. The predicted molar refractivity (Wildman–Crippen MR) is 287 cm³/mol. The monoisotopic (exact) mass is 1220 g/mol. The molecule has 0 aromatic carbocycles. The van der Waals surface area contributed by atoms with Gasteiger partial charge in [-0.25, -0.2) is 0 Å². The molecule has 26 heteroatoms. The van der Waals surface area contributed by atoms with Crippen LogP contribution in [0.1, 0.15) is 120 Å². The Balaban J connectivity index is 0.833. The number of aldehydes is 1. The molecule has 0 aromatic heterocycles. The molecule has 0 unspecified atom stereocenters. The Morgan fingerprint density at radius 3 is 1.79 bits per heavy atom. The lowest BCUT2D eigenvalue weighted by Crippen LogP contribution is -2.67. The van der Waals surface area contributed by atoms with Crippen molar-refractivity contribution in [3.63, 3.8) is 0 Å². The first-order valence-corrected chi connectivity index (χ1v) is 30.5. The highest BCUT2D eigenvalue weighted by molar-refractivity contribution is 5.79. The minimum absolute atomic E-state index is 0.0712. The summed E-state index contributed by atoms with van der Waals surface area (Å²) >= 11 is 0. The number of aliphatic hydroxyl groups excluding tert-OH is 14. The van der Waals surface area contributed by atoms with E-state index in [0.717, 1.165) is 18.3 Å². The normalized spacial score (nSPS) is 55.2. The number of esters is 1. The fraction of sp³-hybridized carbons (Fsp3) is 0.932. The number of ether oxygens (including phenoxy) is 10. The SMILES string of the molecule is C[C@@H]1O[C@@H](O[C@H]2[C@H](O[C@H]3CC[C@]4(C)[C@H]5CC=C6[C@@H]7CC(C)(C)CC[C@]7(C(=O)O[C@@H]7O[C@H](CO[C@@H]8O[C@H](CO)[C@@H](O[C@@H]9O[C@@H](C)[C@H](O)[C@@H](O)[C@H]9O)[C@H](O)[C@H]8O)[C@@H](O)[C@H](O)[C@H]7O)CC[C@@]6(C)[C@]5(C)CC[C@H]4[C@]3(C)C=O)OC[C@H](O)[C@@H]2O)[C@H](O)[C@H](O)[C@H]1O. The van der Waals surface area contributed by atoms with E-state index in [2.05, 4.69) is 40.7 Å². The molecule has 0 amide bonds. The van der Waals surface area contributed by atoms with E-state index in [-0.39, 0.29) is 35.2 Å². The Labute approximate surface area is 494 Å². The molecule has 5 saturated heterocycles. The molecule has 5 aliphatic heterocycles. The van der Waals surface area contributed by atoms with E-state index in [9.17, 15) is 76.3 Å². The van der Waals surface area contributed by atoms with Crippen molar-refractivity contribution in [2.75, 3.05) is 19.8 Å².